The number of furan rings is 1. The molecule has 0 aliphatic rings. The molecule has 4 rings (SSSR count). The molecule has 0 atom stereocenters. The van der Waals surface area contributed by atoms with E-state index in [1.165, 1.54) is 30.1 Å². The van der Waals surface area contributed by atoms with Gasteiger partial charge in [0.25, 0.3) is 11.8 Å². The molecular formula is C31H28N4O6S. The van der Waals surface area contributed by atoms with Crippen LogP contribution in [-0.2, 0) is 15.0 Å². The molecule has 214 valence electrons. The summed E-state index contributed by atoms with van der Waals surface area (Å²) in [7, 11) is -1.87. The van der Waals surface area contributed by atoms with Gasteiger partial charge in [0.15, 0.2) is 5.76 Å². The molecule has 2 amide bonds. The minimum absolute atomic E-state index is 0.127. The molecule has 2 aromatic heterocycles. The Morgan fingerprint density at radius 3 is 2.38 bits per heavy atom. The monoisotopic (exact) mass is 584 g/mol. The number of anilines is 1. The molecule has 10 nitrogen and oxygen atoms in total. The zero-order chi connectivity index (χ0) is 30.2. The highest BCUT2D eigenvalue weighted by molar-refractivity contribution is 7.74. The van der Waals surface area contributed by atoms with Crippen LogP contribution in [0.15, 0.2) is 100 Å². The fourth-order valence-electron chi connectivity index (χ4n) is 3.25. The van der Waals surface area contributed by atoms with Crippen LogP contribution in [0.1, 0.15) is 44.0 Å². The number of nitrogens with one attached hydrogen (secondary N) is 2. The van der Waals surface area contributed by atoms with Crippen LogP contribution in [0.4, 0.5) is 5.69 Å². The number of carbonyl (C=O) groups excluding carboxylic acids is 2. The van der Waals surface area contributed by atoms with Gasteiger partial charge in [-0.05, 0) is 43.7 Å². The van der Waals surface area contributed by atoms with E-state index in [4.69, 9.17) is 9.52 Å². The Labute approximate surface area is 244 Å². The van der Waals surface area contributed by atoms with Crippen LogP contribution in [0, 0.1) is 18.8 Å². The number of aryl methyl sites for hydroxylation is 1. The van der Waals surface area contributed by atoms with E-state index in [1.54, 1.807) is 37.3 Å². The number of aliphatic carboxylic acids is 1. The van der Waals surface area contributed by atoms with E-state index in [9.17, 15) is 18.6 Å². The van der Waals surface area contributed by atoms with E-state index in [2.05, 4.69) is 31.8 Å². The first kappa shape index (κ1) is 31.2. The van der Waals surface area contributed by atoms with Crippen LogP contribution >= 0.6 is 0 Å². The van der Waals surface area contributed by atoms with Crippen molar-refractivity contribution in [1.82, 2.24) is 10.3 Å². The zero-order valence-electron chi connectivity index (χ0n) is 22.7. The Morgan fingerprint density at radius 1 is 1.00 bits per heavy atom. The van der Waals surface area contributed by atoms with Crippen molar-refractivity contribution in [1.29, 1.82) is 0 Å². The molecule has 0 aliphatic heterocycles. The number of rotatable bonds is 8. The Kier molecular flexibility index (Phi) is 12.4. The van der Waals surface area contributed by atoms with Gasteiger partial charge >= 0.3 is 5.97 Å². The molecule has 0 spiro atoms. The van der Waals surface area contributed by atoms with Gasteiger partial charge in [0, 0.05) is 46.7 Å². The van der Waals surface area contributed by atoms with E-state index >= 15 is 0 Å². The molecular weight excluding hydrogens is 556 g/mol. The third-order valence-corrected chi connectivity index (χ3v) is 6.09. The van der Waals surface area contributed by atoms with Gasteiger partial charge in [-0.2, -0.15) is 0 Å². The fourth-order valence-corrected chi connectivity index (χ4v) is 3.91. The quantitative estimate of drug-likeness (QED) is 0.158. The number of amides is 2. The summed E-state index contributed by atoms with van der Waals surface area (Å²) in [6, 6.07) is 22.1. The van der Waals surface area contributed by atoms with Crippen molar-refractivity contribution in [3.8, 4) is 11.8 Å². The van der Waals surface area contributed by atoms with Crippen molar-refractivity contribution in [2.75, 3.05) is 18.4 Å². The van der Waals surface area contributed by atoms with Gasteiger partial charge in [-0.3, -0.25) is 19.4 Å². The average molecular weight is 585 g/mol. The molecule has 0 saturated carbocycles. The number of carbonyl (C=O) groups is 3. The van der Waals surface area contributed by atoms with E-state index in [0.29, 0.717) is 23.4 Å². The molecule has 3 N–H and O–H groups in total. The maximum absolute atomic E-state index is 12.3. The molecule has 42 heavy (non-hydrogen) atoms. The standard InChI is InChI=1S/C25H22N4O6S.C6H6/c1-17-8-10-35-23(17)25(33)28-21-5-2-4-18(13-21)6-7-19-12-20(15-27-14-19)24(32)29-36(34)11-3-9-26-16-22(30)31;1-2-4-6-5-3-1/h2,4-5,8,10-15,26H,3,9,16H2,1H3,(H,28,33)(H,30,31);1-6H. The molecule has 2 heterocycles. The number of hydrogen-bond donors (Lipinski definition) is 3. The maximum atomic E-state index is 12.3. The number of carboxylic acid groups (broad SMARTS) is 1. The molecule has 4 aromatic rings. The Bertz CT molecular complexity index is 1710. The largest absolute Gasteiger partial charge is 0.480 e. The summed E-state index contributed by atoms with van der Waals surface area (Å²) >= 11 is 0. The lowest BCUT2D eigenvalue weighted by atomic mass is 10.1. The second-order valence-corrected chi connectivity index (χ2v) is 9.60. The van der Waals surface area contributed by atoms with Crippen LogP contribution in [0.2, 0.25) is 0 Å². The summed E-state index contributed by atoms with van der Waals surface area (Å²) in [5.41, 5.74) is 2.47. The number of nitrogens with zero attached hydrogens (tertiary/aromatic N) is 2. The van der Waals surface area contributed by atoms with Gasteiger partial charge < -0.3 is 20.2 Å². The Balaban J connectivity index is 0.000000715. The van der Waals surface area contributed by atoms with Crippen molar-refractivity contribution >= 4 is 39.0 Å². The first-order valence-corrected chi connectivity index (χ1v) is 13.8. The van der Waals surface area contributed by atoms with Gasteiger partial charge in [0.05, 0.1) is 18.4 Å². The third kappa shape index (κ3) is 11.1. The van der Waals surface area contributed by atoms with Crippen molar-refractivity contribution in [2.24, 2.45) is 4.36 Å². The van der Waals surface area contributed by atoms with Crippen LogP contribution in [0.5, 0.6) is 0 Å². The predicted molar refractivity (Wildman–Crippen MR) is 161 cm³/mol. The lowest BCUT2D eigenvalue weighted by Gasteiger charge is -2.04. The highest BCUT2D eigenvalue weighted by Crippen LogP contribution is 2.15. The highest BCUT2D eigenvalue weighted by atomic mass is 32.2. The van der Waals surface area contributed by atoms with E-state index in [-0.39, 0.29) is 30.2 Å². The van der Waals surface area contributed by atoms with Crippen molar-refractivity contribution in [3.63, 3.8) is 0 Å². The van der Waals surface area contributed by atoms with Crippen molar-refractivity contribution in [3.05, 3.63) is 119 Å². The number of hydrogen-bond acceptors (Lipinski definition) is 7. The van der Waals surface area contributed by atoms with Crippen LogP contribution < -0.4 is 10.6 Å². The Hall–Kier alpha value is -5.31. The van der Waals surface area contributed by atoms with Crippen LogP contribution in [0.3, 0.4) is 0 Å². The molecule has 0 radical (unpaired) electrons. The maximum Gasteiger partial charge on any atom is 0.317 e. The van der Waals surface area contributed by atoms with Gasteiger partial charge in [-0.15, -0.1) is 4.36 Å². The minimum Gasteiger partial charge on any atom is -0.480 e. The molecule has 0 unspecified atom stereocenters. The lowest BCUT2D eigenvalue weighted by Crippen LogP contribution is -2.23. The van der Waals surface area contributed by atoms with Gasteiger partial charge in [0.1, 0.15) is 10.2 Å². The summed E-state index contributed by atoms with van der Waals surface area (Å²) in [6.07, 6.45) is 4.51. The molecule has 0 bridgehead atoms. The lowest BCUT2D eigenvalue weighted by molar-refractivity contribution is -0.135. The number of benzene rings is 2. The minimum atomic E-state index is -1.87. The zero-order valence-corrected chi connectivity index (χ0v) is 23.5. The van der Waals surface area contributed by atoms with Crippen LogP contribution in [-0.4, -0.2) is 50.5 Å². The smallest absolute Gasteiger partial charge is 0.317 e. The number of aromatic nitrogens is 1. The summed E-state index contributed by atoms with van der Waals surface area (Å²) in [6.45, 7) is 1.86. The molecule has 11 heteroatoms. The fraction of sp³-hybridized carbons (Fsp3) is 0.129. The number of carboxylic acids is 1. The van der Waals surface area contributed by atoms with Gasteiger partial charge in [-0.25, -0.2) is 4.21 Å². The number of pyridine rings is 1. The third-order valence-electron chi connectivity index (χ3n) is 5.22. The molecule has 2 aromatic carbocycles. The Morgan fingerprint density at radius 2 is 1.71 bits per heavy atom. The second-order valence-electron chi connectivity index (χ2n) is 8.53. The van der Waals surface area contributed by atoms with E-state index in [1.807, 2.05) is 36.4 Å². The summed E-state index contributed by atoms with van der Waals surface area (Å²) in [4.78, 5) is 39.1. The topological polar surface area (TPSA) is 151 Å². The van der Waals surface area contributed by atoms with Crippen LogP contribution in [0.25, 0.3) is 0 Å². The molecule has 0 saturated heterocycles. The predicted octanol–water partition coefficient (Wildman–Crippen LogP) is 4.26. The summed E-state index contributed by atoms with van der Waals surface area (Å²) in [5, 5.41) is 15.3. The van der Waals surface area contributed by atoms with E-state index in [0.717, 1.165) is 5.56 Å². The van der Waals surface area contributed by atoms with E-state index < -0.39 is 22.1 Å². The average Bonchev–Trinajstić information content (AvgIpc) is 3.43. The molecule has 0 fully saturated rings. The highest BCUT2D eigenvalue weighted by Gasteiger charge is 2.12. The van der Waals surface area contributed by atoms with Crippen molar-refractivity contribution in [2.45, 2.75) is 13.3 Å². The second kappa shape index (κ2) is 16.7. The van der Waals surface area contributed by atoms with Crippen molar-refractivity contribution < 1.29 is 28.1 Å². The first-order valence-electron chi connectivity index (χ1n) is 12.7. The summed E-state index contributed by atoms with van der Waals surface area (Å²) < 4.78 is 20.8. The van der Waals surface area contributed by atoms with Gasteiger partial charge in [-0.1, -0.05) is 54.3 Å². The van der Waals surface area contributed by atoms with Gasteiger partial charge in [0.2, 0.25) is 0 Å². The normalized spacial score (nSPS) is 9.74. The first-order chi connectivity index (χ1) is 20.3. The summed E-state index contributed by atoms with van der Waals surface area (Å²) in [5.74, 6) is 4.02. The SMILES string of the molecule is Cc1ccoc1C(=O)Nc1cccc(C#Cc2cncc(C(=O)N=S(=O)=CCCNCC(=O)O)c2)c1.c1ccccc1. The molecule has 0 aliphatic carbocycles.